The van der Waals surface area contributed by atoms with Crippen LogP contribution in [0.15, 0.2) is 35.3 Å². The van der Waals surface area contributed by atoms with Crippen LogP contribution in [0.3, 0.4) is 0 Å². The molecule has 1 heterocycles. The van der Waals surface area contributed by atoms with Gasteiger partial charge in [-0.05, 0) is 43.7 Å². The third-order valence-electron chi connectivity index (χ3n) is 6.98. The van der Waals surface area contributed by atoms with E-state index >= 15 is 0 Å². The fourth-order valence-electron chi connectivity index (χ4n) is 4.88. The number of para-hydroxylation sites is 1. The third kappa shape index (κ3) is 6.35. The highest BCUT2D eigenvalue weighted by molar-refractivity contribution is 5.79. The smallest absolute Gasteiger partial charge is 0.191 e. The van der Waals surface area contributed by atoms with Crippen LogP contribution < -0.4 is 15.5 Å². The number of rotatable bonds is 9. The van der Waals surface area contributed by atoms with Gasteiger partial charge in [0.15, 0.2) is 5.96 Å². The van der Waals surface area contributed by atoms with Crippen molar-refractivity contribution in [1.29, 1.82) is 0 Å². The average molecular weight is 416 g/mol. The van der Waals surface area contributed by atoms with E-state index in [0.717, 1.165) is 58.3 Å². The van der Waals surface area contributed by atoms with E-state index in [1.807, 2.05) is 7.05 Å². The van der Waals surface area contributed by atoms with E-state index in [4.69, 9.17) is 4.74 Å². The van der Waals surface area contributed by atoms with Crippen LogP contribution in [0.1, 0.15) is 39.0 Å². The first-order valence-electron chi connectivity index (χ1n) is 11.6. The Hall–Kier alpha value is -1.79. The van der Waals surface area contributed by atoms with Gasteiger partial charge >= 0.3 is 0 Å². The Morgan fingerprint density at radius 2 is 1.80 bits per heavy atom. The minimum absolute atomic E-state index is 0.368. The zero-order valence-electron chi connectivity index (χ0n) is 19.2. The molecule has 6 heteroatoms. The Kier molecular flexibility index (Phi) is 8.82. The van der Waals surface area contributed by atoms with Crippen LogP contribution in [0.5, 0.6) is 0 Å². The number of hydrogen-bond donors (Lipinski definition) is 2. The second-order valence-corrected chi connectivity index (χ2v) is 8.96. The maximum Gasteiger partial charge on any atom is 0.191 e. The lowest BCUT2D eigenvalue weighted by molar-refractivity contribution is 0.138. The van der Waals surface area contributed by atoms with Gasteiger partial charge in [-0.25, -0.2) is 0 Å². The highest BCUT2D eigenvalue weighted by Crippen LogP contribution is 2.40. The maximum atomic E-state index is 5.36. The van der Waals surface area contributed by atoms with Crippen LogP contribution in [0.25, 0.3) is 0 Å². The van der Waals surface area contributed by atoms with Crippen LogP contribution in [0, 0.1) is 5.41 Å². The molecule has 2 aliphatic rings. The summed E-state index contributed by atoms with van der Waals surface area (Å²) in [5.41, 5.74) is 1.70. The molecule has 2 fully saturated rings. The number of aliphatic imine (C=N–C) groups is 1. The predicted molar refractivity (Wildman–Crippen MR) is 126 cm³/mol. The topological polar surface area (TPSA) is 52.1 Å². The molecule has 1 unspecified atom stereocenters. The molecule has 1 saturated heterocycles. The van der Waals surface area contributed by atoms with Gasteiger partial charge in [-0.15, -0.1) is 0 Å². The first kappa shape index (κ1) is 22.9. The number of anilines is 1. The molecule has 1 atom stereocenters. The van der Waals surface area contributed by atoms with Crippen molar-refractivity contribution in [2.75, 3.05) is 64.9 Å². The van der Waals surface area contributed by atoms with Crippen molar-refractivity contribution in [1.82, 2.24) is 15.5 Å². The third-order valence-corrected chi connectivity index (χ3v) is 6.98. The Morgan fingerprint density at radius 3 is 2.43 bits per heavy atom. The fraction of sp³-hybridized carbons (Fsp3) is 0.708. The summed E-state index contributed by atoms with van der Waals surface area (Å²) in [7, 11) is 3.67. The van der Waals surface area contributed by atoms with Crippen molar-refractivity contribution in [3.8, 4) is 0 Å². The molecule has 0 aromatic heterocycles. The Bertz CT molecular complexity index is 636. The molecule has 1 aromatic rings. The molecule has 1 aliphatic carbocycles. The summed E-state index contributed by atoms with van der Waals surface area (Å²) in [6.07, 6.45) is 6.40. The van der Waals surface area contributed by atoms with Crippen molar-refractivity contribution in [3.05, 3.63) is 30.3 Å². The highest BCUT2D eigenvalue weighted by Gasteiger charge is 2.33. The van der Waals surface area contributed by atoms with Gasteiger partial charge in [-0.2, -0.15) is 0 Å². The quantitative estimate of drug-likeness (QED) is 0.480. The number of hydrogen-bond acceptors (Lipinski definition) is 4. The number of guanidine groups is 1. The van der Waals surface area contributed by atoms with Gasteiger partial charge in [0.1, 0.15) is 0 Å². The monoisotopic (exact) mass is 415 g/mol. The molecule has 30 heavy (non-hydrogen) atoms. The number of methoxy groups -OCH3 is 1. The SMILES string of the molecule is CN=C(NCC(C)N1CCN(c2ccccc2)CC1)NCC1(CCOC)CCCC1. The zero-order valence-corrected chi connectivity index (χ0v) is 19.2. The summed E-state index contributed by atoms with van der Waals surface area (Å²) in [5.74, 6) is 0.925. The van der Waals surface area contributed by atoms with Crippen molar-refractivity contribution >= 4 is 11.6 Å². The molecule has 3 rings (SSSR count). The number of nitrogens with zero attached hydrogens (tertiary/aromatic N) is 3. The minimum atomic E-state index is 0.368. The van der Waals surface area contributed by atoms with Gasteiger partial charge in [0, 0.05) is 71.8 Å². The second kappa shape index (κ2) is 11.6. The number of nitrogens with one attached hydrogen (secondary N) is 2. The number of benzene rings is 1. The second-order valence-electron chi connectivity index (χ2n) is 8.96. The zero-order chi connectivity index (χ0) is 21.2. The minimum Gasteiger partial charge on any atom is -0.385 e. The first-order valence-corrected chi connectivity index (χ1v) is 11.6. The molecule has 2 N–H and O–H groups in total. The van der Waals surface area contributed by atoms with Gasteiger partial charge in [-0.1, -0.05) is 31.0 Å². The Balaban J connectivity index is 1.40. The maximum absolute atomic E-state index is 5.36. The molecule has 1 saturated carbocycles. The van der Waals surface area contributed by atoms with Crippen LogP contribution in [-0.2, 0) is 4.74 Å². The van der Waals surface area contributed by atoms with Crippen molar-refractivity contribution < 1.29 is 4.74 Å². The summed E-state index contributed by atoms with van der Waals surface area (Å²) >= 11 is 0. The van der Waals surface area contributed by atoms with E-state index in [2.05, 4.69) is 62.7 Å². The molecule has 0 bridgehead atoms. The molecule has 0 radical (unpaired) electrons. The molecule has 0 spiro atoms. The van der Waals surface area contributed by atoms with Gasteiger partial charge in [-0.3, -0.25) is 9.89 Å². The van der Waals surface area contributed by atoms with Crippen molar-refractivity contribution in [3.63, 3.8) is 0 Å². The van der Waals surface area contributed by atoms with Crippen molar-refractivity contribution in [2.24, 2.45) is 10.4 Å². The lowest BCUT2D eigenvalue weighted by Crippen LogP contribution is -2.53. The van der Waals surface area contributed by atoms with E-state index < -0.39 is 0 Å². The van der Waals surface area contributed by atoms with E-state index in [9.17, 15) is 0 Å². The molecule has 0 amide bonds. The summed E-state index contributed by atoms with van der Waals surface area (Å²) in [6, 6.07) is 11.2. The van der Waals surface area contributed by atoms with Gasteiger partial charge in [0.25, 0.3) is 0 Å². The lowest BCUT2D eigenvalue weighted by Gasteiger charge is -2.39. The van der Waals surface area contributed by atoms with Crippen LogP contribution >= 0.6 is 0 Å². The van der Waals surface area contributed by atoms with Crippen LogP contribution in [-0.4, -0.2) is 76.9 Å². The van der Waals surface area contributed by atoms with Crippen LogP contribution in [0.2, 0.25) is 0 Å². The van der Waals surface area contributed by atoms with Crippen molar-refractivity contribution in [2.45, 2.75) is 45.1 Å². The largest absolute Gasteiger partial charge is 0.385 e. The predicted octanol–water partition coefficient (Wildman–Crippen LogP) is 2.96. The summed E-state index contributed by atoms with van der Waals surface area (Å²) in [5, 5.41) is 7.16. The fourth-order valence-corrected chi connectivity index (χ4v) is 4.88. The van der Waals surface area contributed by atoms with E-state index in [1.165, 1.54) is 31.4 Å². The van der Waals surface area contributed by atoms with Gasteiger partial charge in [0.2, 0.25) is 0 Å². The summed E-state index contributed by atoms with van der Waals surface area (Å²) in [4.78, 5) is 9.53. The standard InChI is InChI=1S/C24H41N5O/c1-21(28-14-16-29(17-15-28)22-9-5-4-6-10-22)19-26-23(25-2)27-20-24(13-18-30-3)11-7-8-12-24/h4-6,9-10,21H,7-8,11-20H2,1-3H3,(H2,25,26,27). The van der Waals surface area contributed by atoms with E-state index in [-0.39, 0.29) is 0 Å². The summed E-state index contributed by atoms with van der Waals surface area (Å²) in [6.45, 7) is 9.44. The number of ether oxygens (including phenoxy) is 1. The number of piperazine rings is 1. The van der Waals surface area contributed by atoms with E-state index in [1.54, 1.807) is 7.11 Å². The molecule has 168 valence electrons. The lowest BCUT2D eigenvalue weighted by atomic mass is 9.83. The molecule has 6 nitrogen and oxygen atoms in total. The molecule has 1 aliphatic heterocycles. The molecular weight excluding hydrogens is 374 g/mol. The van der Waals surface area contributed by atoms with Crippen LogP contribution in [0.4, 0.5) is 5.69 Å². The van der Waals surface area contributed by atoms with E-state index in [0.29, 0.717) is 11.5 Å². The normalized spacial score (nSPS) is 20.9. The Labute approximate surface area is 183 Å². The Morgan fingerprint density at radius 1 is 1.10 bits per heavy atom. The highest BCUT2D eigenvalue weighted by atomic mass is 16.5. The first-order chi connectivity index (χ1) is 14.7. The van der Waals surface area contributed by atoms with Gasteiger partial charge in [0.05, 0.1) is 0 Å². The molecular formula is C24H41N5O. The molecule has 1 aromatic carbocycles. The average Bonchev–Trinajstić information content (AvgIpc) is 3.27. The van der Waals surface area contributed by atoms with Gasteiger partial charge < -0.3 is 20.3 Å². The summed E-state index contributed by atoms with van der Waals surface area (Å²) < 4.78 is 5.36.